The zero-order valence-electron chi connectivity index (χ0n) is 7.88. The van der Waals surface area contributed by atoms with E-state index in [1.165, 1.54) is 11.1 Å². The summed E-state index contributed by atoms with van der Waals surface area (Å²) in [6.45, 7) is 2.10. The van der Waals surface area contributed by atoms with E-state index < -0.39 is 0 Å². The van der Waals surface area contributed by atoms with Gasteiger partial charge in [0.1, 0.15) is 0 Å². The first kappa shape index (κ1) is 8.31. The first-order valence-corrected chi connectivity index (χ1v) is 4.82. The van der Waals surface area contributed by atoms with E-state index in [-0.39, 0.29) is 5.41 Å². The van der Waals surface area contributed by atoms with Crippen molar-refractivity contribution in [1.82, 2.24) is 0 Å². The number of rotatable bonds is 1. The molecule has 0 N–H and O–H groups in total. The van der Waals surface area contributed by atoms with Gasteiger partial charge in [-0.2, -0.15) is 5.26 Å². The Balaban J connectivity index is 2.55. The van der Waals surface area contributed by atoms with Crippen LogP contribution in [0.25, 0.3) is 0 Å². The second-order valence-corrected chi connectivity index (χ2v) is 3.70. The Kier molecular flexibility index (Phi) is 1.84. The Hall–Kier alpha value is -1.29. The van der Waals surface area contributed by atoms with Gasteiger partial charge >= 0.3 is 0 Å². The number of nitriles is 1. The van der Waals surface area contributed by atoms with E-state index in [1.807, 2.05) is 6.07 Å². The summed E-state index contributed by atoms with van der Waals surface area (Å²) < 4.78 is 0. The molecule has 0 bridgehead atoms. The maximum Gasteiger partial charge on any atom is 0.0825 e. The third-order valence-electron chi connectivity index (χ3n) is 3.17. The fraction of sp³-hybridized carbons (Fsp3) is 0.417. The maximum atomic E-state index is 9.21. The van der Waals surface area contributed by atoms with E-state index in [0.29, 0.717) is 0 Å². The SMILES string of the molecule is CCC1(C#N)CCc2ccccc21. The van der Waals surface area contributed by atoms with Gasteiger partial charge in [0.05, 0.1) is 11.5 Å². The lowest BCUT2D eigenvalue weighted by Crippen LogP contribution is -2.18. The molecule has 0 aromatic heterocycles. The Morgan fingerprint density at radius 1 is 1.46 bits per heavy atom. The van der Waals surface area contributed by atoms with Crippen LogP contribution in [0, 0.1) is 11.3 Å². The van der Waals surface area contributed by atoms with Crippen LogP contribution in [0.2, 0.25) is 0 Å². The number of hydrogen-bond acceptors (Lipinski definition) is 1. The molecule has 0 heterocycles. The minimum atomic E-state index is -0.184. The predicted octanol–water partition coefficient (Wildman–Crippen LogP) is 2.80. The van der Waals surface area contributed by atoms with Crippen LogP contribution in [-0.4, -0.2) is 0 Å². The highest BCUT2D eigenvalue weighted by Gasteiger charge is 2.36. The lowest BCUT2D eigenvalue weighted by atomic mass is 9.81. The third kappa shape index (κ3) is 1.06. The van der Waals surface area contributed by atoms with Crippen molar-refractivity contribution in [2.75, 3.05) is 0 Å². The smallest absolute Gasteiger partial charge is 0.0825 e. The van der Waals surface area contributed by atoms with Gasteiger partial charge in [0.2, 0.25) is 0 Å². The molecule has 1 unspecified atom stereocenters. The molecule has 1 nitrogen and oxygen atoms in total. The van der Waals surface area contributed by atoms with E-state index in [9.17, 15) is 5.26 Å². The quantitative estimate of drug-likeness (QED) is 0.637. The zero-order valence-corrected chi connectivity index (χ0v) is 7.88. The maximum absolute atomic E-state index is 9.21. The summed E-state index contributed by atoms with van der Waals surface area (Å²) in [6.07, 6.45) is 3.00. The second kappa shape index (κ2) is 2.88. The van der Waals surface area contributed by atoms with Gasteiger partial charge in [-0.15, -0.1) is 0 Å². The van der Waals surface area contributed by atoms with Gasteiger partial charge in [0.25, 0.3) is 0 Å². The van der Waals surface area contributed by atoms with Crippen LogP contribution in [0.3, 0.4) is 0 Å². The highest BCUT2D eigenvalue weighted by molar-refractivity contribution is 5.43. The van der Waals surface area contributed by atoms with E-state index in [2.05, 4.69) is 31.2 Å². The van der Waals surface area contributed by atoms with Crippen molar-refractivity contribution in [3.63, 3.8) is 0 Å². The molecule has 1 aliphatic carbocycles. The Morgan fingerprint density at radius 2 is 2.23 bits per heavy atom. The topological polar surface area (TPSA) is 23.8 Å². The molecule has 0 saturated carbocycles. The predicted molar refractivity (Wildman–Crippen MR) is 52.3 cm³/mol. The molecule has 1 heteroatoms. The molecule has 2 rings (SSSR count). The normalized spacial score (nSPS) is 25.2. The Morgan fingerprint density at radius 3 is 2.92 bits per heavy atom. The van der Waals surface area contributed by atoms with Crippen LogP contribution in [0.5, 0.6) is 0 Å². The Labute approximate surface area is 79.0 Å². The van der Waals surface area contributed by atoms with Crippen molar-refractivity contribution in [2.24, 2.45) is 0 Å². The van der Waals surface area contributed by atoms with Crippen LogP contribution in [0.4, 0.5) is 0 Å². The number of hydrogen-bond donors (Lipinski definition) is 0. The van der Waals surface area contributed by atoms with Crippen molar-refractivity contribution in [3.8, 4) is 6.07 Å². The molecule has 0 amide bonds. The molecule has 0 aliphatic heterocycles. The molecule has 1 aromatic rings. The molecular formula is C12H13N. The second-order valence-electron chi connectivity index (χ2n) is 3.70. The lowest BCUT2D eigenvalue weighted by molar-refractivity contribution is 0.526. The van der Waals surface area contributed by atoms with Gasteiger partial charge < -0.3 is 0 Å². The summed E-state index contributed by atoms with van der Waals surface area (Å²) in [4.78, 5) is 0. The highest BCUT2D eigenvalue weighted by atomic mass is 14.4. The van der Waals surface area contributed by atoms with Gasteiger partial charge in [0.15, 0.2) is 0 Å². The largest absolute Gasteiger partial charge is 0.197 e. The Bertz CT molecular complexity index is 362. The van der Waals surface area contributed by atoms with Gasteiger partial charge in [-0.1, -0.05) is 31.2 Å². The molecule has 0 saturated heterocycles. The lowest BCUT2D eigenvalue weighted by Gasteiger charge is -2.19. The average Bonchev–Trinajstić information content (AvgIpc) is 2.58. The minimum absolute atomic E-state index is 0.184. The van der Waals surface area contributed by atoms with Gasteiger partial charge in [-0.25, -0.2) is 0 Å². The molecule has 13 heavy (non-hydrogen) atoms. The third-order valence-corrected chi connectivity index (χ3v) is 3.17. The summed E-state index contributed by atoms with van der Waals surface area (Å²) in [6, 6.07) is 10.8. The van der Waals surface area contributed by atoms with E-state index in [0.717, 1.165) is 19.3 Å². The van der Waals surface area contributed by atoms with E-state index >= 15 is 0 Å². The molecule has 0 radical (unpaired) electrons. The zero-order chi connectivity index (χ0) is 9.31. The minimum Gasteiger partial charge on any atom is -0.197 e. The molecule has 66 valence electrons. The average molecular weight is 171 g/mol. The van der Waals surface area contributed by atoms with Gasteiger partial charge in [-0.05, 0) is 30.4 Å². The van der Waals surface area contributed by atoms with Crippen LogP contribution < -0.4 is 0 Å². The first-order chi connectivity index (χ1) is 6.32. The fourth-order valence-corrected chi connectivity index (χ4v) is 2.25. The van der Waals surface area contributed by atoms with Crippen molar-refractivity contribution in [3.05, 3.63) is 35.4 Å². The molecule has 0 fully saturated rings. The fourth-order valence-electron chi connectivity index (χ4n) is 2.25. The molecular weight excluding hydrogens is 158 g/mol. The van der Waals surface area contributed by atoms with Crippen LogP contribution in [-0.2, 0) is 11.8 Å². The standard InChI is InChI=1S/C12H13N/c1-2-12(9-13)8-7-10-5-3-4-6-11(10)12/h3-6H,2,7-8H2,1H3. The van der Waals surface area contributed by atoms with Gasteiger partial charge in [-0.3, -0.25) is 0 Å². The summed E-state index contributed by atoms with van der Waals surface area (Å²) in [5.41, 5.74) is 2.45. The molecule has 1 aliphatic rings. The van der Waals surface area contributed by atoms with Crippen molar-refractivity contribution in [2.45, 2.75) is 31.6 Å². The molecule has 1 aromatic carbocycles. The van der Waals surface area contributed by atoms with Crippen molar-refractivity contribution in [1.29, 1.82) is 5.26 Å². The summed E-state index contributed by atoms with van der Waals surface area (Å²) in [7, 11) is 0. The van der Waals surface area contributed by atoms with Crippen molar-refractivity contribution >= 4 is 0 Å². The summed E-state index contributed by atoms with van der Waals surface area (Å²) >= 11 is 0. The van der Waals surface area contributed by atoms with Crippen LogP contribution in [0.1, 0.15) is 30.9 Å². The number of fused-ring (bicyclic) bond motifs is 1. The highest BCUT2D eigenvalue weighted by Crippen LogP contribution is 2.40. The number of aryl methyl sites for hydroxylation is 1. The molecule has 0 spiro atoms. The summed E-state index contributed by atoms with van der Waals surface area (Å²) in [5.74, 6) is 0. The number of benzene rings is 1. The monoisotopic (exact) mass is 171 g/mol. The van der Waals surface area contributed by atoms with Crippen molar-refractivity contribution < 1.29 is 0 Å². The van der Waals surface area contributed by atoms with Crippen LogP contribution >= 0.6 is 0 Å². The van der Waals surface area contributed by atoms with Crippen LogP contribution in [0.15, 0.2) is 24.3 Å². The van der Waals surface area contributed by atoms with Gasteiger partial charge in [0, 0.05) is 0 Å². The first-order valence-electron chi connectivity index (χ1n) is 4.82. The van der Waals surface area contributed by atoms with E-state index in [1.54, 1.807) is 0 Å². The molecule has 1 atom stereocenters. The van der Waals surface area contributed by atoms with E-state index in [4.69, 9.17) is 0 Å². The number of nitrogens with zero attached hydrogens (tertiary/aromatic N) is 1. The summed E-state index contributed by atoms with van der Waals surface area (Å²) in [5, 5.41) is 9.21.